The van der Waals surface area contributed by atoms with Gasteiger partial charge >= 0.3 is 0 Å². The summed E-state index contributed by atoms with van der Waals surface area (Å²) in [6.07, 6.45) is 0. The topological polar surface area (TPSA) is 47.8 Å². The quantitative estimate of drug-likeness (QED) is 0.324. The van der Waals surface area contributed by atoms with E-state index in [0.717, 1.165) is 38.3 Å². The van der Waals surface area contributed by atoms with Crippen molar-refractivity contribution in [1.82, 2.24) is 15.0 Å². The summed E-state index contributed by atoms with van der Waals surface area (Å²) in [5.41, 5.74) is 5.56. The fourth-order valence-corrected chi connectivity index (χ4v) is 4.96. The maximum absolute atomic E-state index is 13.4. The van der Waals surface area contributed by atoms with Crippen molar-refractivity contribution in [3.05, 3.63) is 126 Å². The first-order valence-corrected chi connectivity index (χ1v) is 11.7. The van der Waals surface area contributed by atoms with Crippen LogP contribution >= 0.6 is 0 Å². The molecule has 0 aliphatic heterocycles. The lowest BCUT2D eigenvalue weighted by Gasteiger charge is -2.17. The van der Waals surface area contributed by atoms with Gasteiger partial charge in [-0.1, -0.05) is 96.2 Å². The van der Waals surface area contributed by atoms with Gasteiger partial charge in [-0.15, -0.1) is 5.10 Å². The molecule has 1 unspecified atom stereocenters. The van der Waals surface area contributed by atoms with E-state index in [4.69, 9.17) is 0 Å². The number of nitrogens with zero attached hydrogens (tertiary/aromatic N) is 3. The number of fused-ring (bicyclic) bond motifs is 1. The molecule has 0 N–H and O–H groups in total. The molecule has 1 atom stereocenters. The molecule has 32 heavy (non-hydrogen) atoms. The molecule has 4 nitrogen and oxygen atoms in total. The molecule has 0 aliphatic carbocycles. The van der Waals surface area contributed by atoms with Crippen LogP contribution in [-0.2, 0) is 10.8 Å². The molecule has 0 amide bonds. The molecule has 156 valence electrons. The Morgan fingerprint density at radius 1 is 0.688 bits per heavy atom. The number of benzene rings is 4. The zero-order valence-corrected chi connectivity index (χ0v) is 18.2. The van der Waals surface area contributed by atoms with Crippen molar-refractivity contribution in [1.29, 1.82) is 0 Å². The normalized spacial score (nSPS) is 13.0. The molecule has 0 saturated heterocycles. The average molecular weight is 436 g/mol. The number of hydrogen-bond donors (Lipinski definition) is 0. The van der Waals surface area contributed by atoms with E-state index in [9.17, 15) is 4.21 Å². The smallest absolute Gasteiger partial charge is 0.113 e. The molecular weight excluding hydrogens is 414 g/mol. The molecular formula is C27H21N3OS. The van der Waals surface area contributed by atoms with Crippen LogP contribution in [0.15, 0.2) is 120 Å². The molecule has 5 aromatic rings. The molecule has 1 heterocycles. The number of aromatic nitrogens is 3. The van der Waals surface area contributed by atoms with E-state index in [2.05, 4.69) is 34.6 Å². The average Bonchev–Trinajstić information content (AvgIpc) is 3.29. The van der Waals surface area contributed by atoms with E-state index in [1.165, 1.54) is 0 Å². The Morgan fingerprint density at radius 3 is 1.94 bits per heavy atom. The van der Waals surface area contributed by atoms with Gasteiger partial charge in [0.25, 0.3) is 0 Å². The van der Waals surface area contributed by atoms with E-state index in [1.807, 2.05) is 95.7 Å². The Bertz CT molecular complexity index is 1390. The first-order chi connectivity index (χ1) is 15.8. The van der Waals surface area contributed by atoms with Gasteiger partial charge in [0.1, 0.15) is 5.52 Å². The van der Waals surface area contributed by atoms with Crippen LogP contribution in [0.2, 0.25) is 0 Å². The lowest BCUT2D eigenvalue weighted by Crippen LogP contribution is -2.10. The summed E-state index contributed by atoms with van der Waals surface area (Å²) in [7, 11) is -1.22. The fraction of sp³-hybridized carbons (Fsp3) is 0.0370. The Morgan fingerprint density at radius 2 is 1.25 bits per heavy atom. The van der Waals surface area contributed by atoms with Gasteiger partial charge in [-0.25, -0.2) is 4.68 Å². The summed E-state index contributed by atoms with van der Waals surface area (Å²) in [5.74, 6) is 0.354. The van der Waals surface area contributed by atoms with Crippen molar-refractivity contribution in [2.45, 2.75) is 4.90 Å². The summed E-state index contributed by atoms with van der Waals surface area (Å²) in [4.78, 5) is 0.803. The van der Waals surface area contributed by atoms with Gasteiger partial charge in [0, 0.05) is 10.5 Å². The number of para-hydroxylation sites is 1. The molecule has 0 saturated carbocycles. The molecule has 5 rings (SSSR count). The second kappa shape index (κ2) is 9.12. The van der Waals surface area contributed by atoms with E-state index >= 15 is 0 Å². The van der Waals surface area contributed by atoms with Crippen LogP contribution in [0.3, 0.4) is 0 Å². The molecule has 0 spiro atoms. The van der Waals surface area contributed by atoms with Crippen LogP contribution < -0.4 is 0 Å². The Labute approximate surface area is 189 Å². The third kappa shape index (κ3) is 4.03. The summed E-state index contributed by atoms with van der Waals surface area (Å²) in [6, 6.07) is 37.7. The predicted molar refractivity (Wildman–Crippen MR) is 130 cm³/mol. The highest BCUT2D eigenvalue weighted by atomic mass is 32.2. The highest BCUT2D eigenvalue weighted by molar-refractivity contribution is 7.85. The van der Waals surface area contributed by atoms with Gasteiger partial charge in [0.15, 0.2) is 0 Å². The summed E-state index contributed by atoms with van der Waals surface area (Å²) < 4.78 is 15.3. The molecule has 5 heteroatoms. The Balaban J connectivity index is 1.78. The van der Waals surface area contributed by atoms with Crippen molar-refractivity contribution in [2.75, 3.05) is 5.75 Å². The van der Waals surface area contributed by atoms with Gasteiger partial charge in [-0.05, 0) is 35.4 Å². The minimum absolute atomic E-state index is 0.354. The third-order valence-electron chi connectivity index (χ3n) is 5.30. The molecule has 0 fully saturated rings. The summed E-state index contributed by atoms with van der Waals surface area (Å²) >= 11 is 0. The van der Waals surface area contributed by atoms with Crippen LogP contribution in [0.4, 0.5) is 0 Å². The first kappa shape index (κ1) is 20.1. The zero-order chi connectivity index (χ0) is 21.8. The maximum Gasteiger partial charge on any atom is 0.113 e. The largest absolute Gasteiger partial charge is 0.254 e. The van der Waals surface area contributed by atoms with E-state index in [-0.39, 0.29) is 0 Å². The minimum Gasteiger partial charge on any atom is -0.254 e. The maximum atomic E-state index is 13.4. The van der Waals surface area contributed by atoms with Gasteiger partial charge in [0.2, 0.25) is 0 Å². The highest BCUT2D eigenvalue weighted by Crippen LogP contribution is 2.31. The van der Waals surface area contributed by atoms with Crippen molar-refractivity contribution < 1.29 is 4.21 Å². The van der Waals surface area contributed by atoms with Crippen LogP contribution in [0.25, 0.3) is 22.3 Å². The molecule has 0 aliphatic rings. The lowest BCUT2D eigenvalue weighted by molar-refractivity contribution is 0.685. The predicted octanol–water partition coefficient (Wildman–Crippen LogP) is 5.66. The van der Waals surface area contributed by atoms with Crippen molar-refractivity contribution >= 4 is 33.1 Å². The van der Waals surface area contributed by atoms with Gasteiger partial charge in [-0.3, -0.25) is 4.21 Å². The molecule has 0 radical (unpaired) electrons. The van der Waals surface area contributed by atoms with Crippen LogP contribution in [0, 0.1) is 0 Å². The summed E-state index contributed by atoms with van der Waals surface area (Å²) in [5, 5.41) is 8.89. The monoisotopic (exact) mass is 435 g/mol. The first-order valence-electron chi connectivity index (χ1n) is 10.4. The van der Waals surface area contributed by atoms with Gasteiger partial charge in [0.05, 0.1) is 27.8 Å². The summed E-state index contributed by atoms with van der Waals surface area (Å²) in [6.45, 7) is 0. The second-order valence-corrected chi connectivity index (χ2v) is 8.80. The Hall–Kier alpha value is -3.83. The zero-order valence-electron chi connectivity index (χ0n) is 17.3. The fourth-order valence-electron chi connectivity index (χ4n) is 3.77. The standard InChI is InChI=1S/C27H21N3OS/c31-32(23-16-8-3-9-17-23)20-24(21-12-4-1-5-13-21)27(22-14-6-2-7-15-22)30-26-19-11-10-18-25(26)28-29-30/h1-19H,20H2/b27-24-. The lowest BCUT2D eigenvalue weighted by atomic mass is 10.0. The van der Waals surface area contributed by atoms with Crippen LogP contribution in [0.5, 0.6) is 0 Å². The molecule has 4 aromatic carbocycles. The van der Waals surface area contributed by atoms with E-state index in [0.29, 0.717) is 5.75 Å². The van der Waals surface area contributed by atoms with Crippen molar-refractivity contribution in [3.63, 3.8) is 0 Å². The molecule has 1 aromatic heterocycles. The van der Waals surface area contributed by atoms with Gasteiger partial charge in [-0.2, -0.15) is 0 Å². The second-order valence-electron chi connectivity index (χ2n) is 7.35. The minimum atomic E-state index is -1.22. The Kier molecular flexibility index (Phi) is 5.73. The highest BCUT2D eigenvalue weighted by Gasteiger charge is 2.20. The molecule has 0 bridgehead atoms. The van der Waals surface area contributed by atoms with Gasteiger partial charge < -0.3 is 0 Å². The third-order valence-corrected chi connectivity index (χ3v) is 6.65. The SMILES string of the molecule is O=S(C/C(=C(\c1ccccc1)n1nnc2ccccc21)c1ccccc1)c1ccccc1. The number of hydrogen-bond acceptors (Lipinski definition) is 3. The van der Waals surface area contributed by atoms with E-state index < -0.39 is 10.8 Å². The van der Waals surface area contributed by atoms with Crippen molar-refractivity contribution in [2.24, 2.45) is 0 Å². The van der Waals surface area contributed by atoms with Crippen LogP contribution in [0.1, 0.15) is 11.1 Å². The van der Waals surface area contributed by atoms with Crippen LogP contribution in [-0.4, -0.2) is 25.0 Å². The number of rotatable bonds is 6. The van der Waals surface area contributed by atoms with Crippen molar-refractivity contribution in [3.8, 4) is 0 Å². The van der Waals surface area contributed by atoms with E-state index in [1.54, 1.807) is 0 Å².